The summed E-state index contributed by atoms with van der Waals surface area (Å²) < 4.78 is 7.40. The summed E-state index contributed by atoms with van der Waals surface area (Å²) in [6, 6.07) is 4.34. The second-order valence-corrected chi connectivity index (χ2v) is 5.54. The van der Waals surface area contributed by atoms with Crippen LogP contribution < -0.4 is 5.32 Å². The van der Waals surface area contributed by atoms with Crippen molar-refractivity contribution in [2.75, 3.05) is 5.32 Å². The lowest BCUT2D eigenvalue weighted by Crippen LogP contribution is -2.07. The summed E-state index contributed by atoms with van der Waals surface area (Å²) in [6.45, 7) is 8.08. The number of nitrogens with zero attached hydrogens (tertiary/aromatic N) is 3. The molecule has 1 N–H and O–H groups in total. The van der Waals surface area contributed by atoms with E-state index in [0.29, 0.717) is 0 Å². The Bertz CT molecular complexity index is 800. The Morgan fingerprint density at radius 1 is 1.24 bits per heavy atom. The lowest BCUT2D eigenvalue weighted by Gasteiger charge is -2.14. The number of pyridine rings is 1. The van der Waals surface area contributed by atoms with Crippen LogP contribution in [0.4, 0.5) is 5.69 Å². The van der Waals surface area contributed by atoms with E-state index in [0.717, 1.165) is 33.9 Å². The number of hydrogen-bond acceptors (Lipinski definition) is 4. The van der Waals surface area contributed by atoms with Crippen molar-refractivity contribution in [2.24, 2.45) is 7.05 Å². The number of furan rings is 1. The molecule has 0 aliphatic carbocycles. The summed E-state index contributed by atoms with van der Waals surface area (Å²) in [5.41, 5.74) is 4.06. The van der Waals surface area contributed by atoms with Crippen LogP contribution in [0, 0.1) is 20.8 Å². The van der Waals surface area contributed by atoms with Crippen molar-refractivity contribution in [2.45, 2.75) is 33.7 Å². The minimum atomic E-state index is 0.165. The van der Waals surface area contributed by atoms with E-state index in [2.05, 4.69) is 34.5 Å². The van der Waals surface area contributed by atoms with E-state index >= 15 is 0 Å². The van der Waals surface area contributed by atoms with Crippen molar-refractivity contribution in [1.29, 1.82) is 0 Å². The van der Waals surface area contributed by atoms with E-state index in [1.807, 2.05) is 38.7 Å². The van der Waals surface area contributed by atoms with Crippen molar-refractivity contribution in [3.8, 4) is 0 Å². The molecular formula is C16H20N4O. The molecule has 110 valence electrons. The van der Waals surface area contributed by atoms with Crippen LogP contribution in [0.2, 0.25) is 0 Å². The van der Waals surface area contributed by atoms with E-state index in [1.54, 1.807) is 0 Å². The molecule has 3 rings (SSSR count). The fourth-order valence-electron chi connectivity index (χ4n) is 2.79. The van der Waals surface area contributed by atoms with Gasteiger partial charge < -0.3 is 9.73 Å². The van der Waals surface area contributed by atoms with Gasteiger partial charge in [0.05, 0.1) is 23.6 Å². The van der Waals surface area contributed by atoms with Crippen molar-refractivity contribution < 1.29 is 4.42 Å². The highest BCUT2D eigenvalue weighted by Gasteiger charge is 2.14. The molecule has 0 radical (unpaired) electrons. The normalized spacial score (nSPS) is 12.8. The number of nitrogens with one attached hydrogen (secondary N) is 1. The van der Waals surface area contributed by atoms with E-state index in [1.165, 1.54) is 5.56 Å². The van der Waals surface area contributed by atoms with Gasteiger partial charge in [-0.1, -0.05) is 0 Å². The summed E-state index contributed by atoms with van der Waals surface area (Å²) in [6.07, 6.45) is 1.85. The molecule has 1 atom stereocenters. The molecule has 3 aromatic rings. The van der Waals surface area contributed by atoms with E-state index in [4.69, 9.17) is 4.42 Å². The van der Waals surface area contributed by atoms with E-state index < -0.39 is 0 Å². The van der Waals surface area contributed by atoms with Gasteiger partial charge in [-0.3, -0.25) is 4.68 Å². The number of rotatable bonds is 3. The molecule has 5 heteroatoms. The standard InChI is InChI=1S/C16H20N4O/c1-9-6-14(12(4)21-9)10(2)18-13-7-15-11(3)19-20(5)16(15)17-8-13/h6-8,10,18H,1-5H3. The van der Waals surface area contributed by atoms with Gasteiger partial charge in [0, 0.05) is 18.0 Å². The average molecular weight is 284 g/mol. The maximum atomic E-state index is 5.60. The van der Waals surface area contributed by atoms with Crippen LogP contribution in [0.25, 0.3) is 11.0 Å². The highest BCUT2D eigenvalue weighted by atomic mass is 16.3. The Morgan fingerprint density at radius 2 is 2.00 bits per heavy atom. The zero-order valence-corrected chi connectivity index (χ0v) is 13.1. The molecule has 0 amide bonds. The predicted octanol–water partition coefficient (Wildman–Crippen LogP) is 3.66. The molecule has 1 unspecified atom stereocenters. The van der Waals surface area contributed by atoms with E-state index in [-0.39, 0.29) is 6.04 Å². The maximum Gasteiger partial charge on any atom is 0.157 e. The summed E-state index contributed by atoms with van der Waals surface area (Å²) in [7, 11) is 1.91. The smallest absolute Gasteiger partial charge is 0.157 e. The van der Waals surface area contributed by atoms with Gasteiger partial charge in [0.2, 0.25) is 0 Å². The fraction of sp³-hybridized carbons (Fsp3) is 0.375. The minimum absolute atomic E-state index is 0.165. The van der Waals surface area contributed by atoms with Crippen LogP contribution in [0.15, 0.2) is 22.7 Å². The van der Waals surface area contributed by atoms with Crippen molar-refractivity contribution in [3.63, 3.8) is 0 Å². The second kappa shape index (κ2) is 4.91. The molecule has 5 nitrogen and oxygen atoms in total. The molecule has 0 bridgehead atoms. The third-order valence-corrected chi connectivity index (χ3v) is 3.79. The van der Waals surface area contributed by atoms with Crippen molar-refractivity contribution >= 4 is 16.7 Å². The first-order valence-corrected chi connectivity index (χ1v) is 7.08. The molecule has 0 spiro atoms. The van der Waals surface area contributed by atoms with Gasteiger partial charge >= 0.3 is 0 Å². The monoisotopic (exact) mass is 284 g/mol. The highest BCUT2D eigenvalue weighted by molar-refractivity contribution is 5.81. The average Bonchev–Trinajstić information content (AvgIpc) is 2.90. The Labute approximate surface area is 124 Å². The van der Waals surface area contributed by atoms with Gasteiger partial charge in [-0.15, -0.1) is 0 Å². The first kappa shape index (κ1) is 13.7. The maximum absolute atomic E-state index is 5.60. The molecule has 0 aliphatic rings. The summed E-state index contributed by atoms with van der Waals surface area (Å²) >= 11 is 0. The van der Waals surface area contributed by atoms with Crippen LogP contribution in [0.1, 0.15) is 35.7 Å². The SMILES string of the molecule is Cc1cc(C(C)Nc2cnc3c(c2)c(C)nn3C)c(C)o1. The molecule has 0 aliphatic heterocycles. The number of hydrogen-bond donors (Lipinski definition) is 1. The number of fused-ring (bicyclic) bond motifs is 1. The first-order valence-electron chi connectivity index (χ1n) is 7.08. The Morgan fingerprint density at radius 3 is 2.67 bits per heavy atom. The number of anilines is 1. The molecule has 3 heterocycles. The van der Waals surface area contributed by atoms with Gasteiger partial charge in [-0.25, -0.2) is 4.98 Å². The van der Waals surface area contributed by atoms with Crippen LogP contribution >= 0.6 is 0 Å². The molecule has 3 aromatic heterocycles. The topological polar surface area (TPSA) is 55.9 Å². The first-order chi connectivity index (χ1) is 9.95. The van der Waals surface area contributed by atoms with Crippen LogP contribution in [-0.2, 0) is 7.05 Å². The van der Waals surface area contributed by atoms with Gasteiger partial charge in [-0.2, -0.15) is 5.10 Å². The molecule has 0 aromatic carbocycles. The second-order valence-electron chi connectivity index (χ2n) is 5.54. The summed E-state index contributed by atoms with van der Waals surface area (Å²) in [4.78, 5) is 4.49. The van der Waals surface area contributed by atoms with E-state index in [9.17, 15) is 0 Å². The van der Waals surface area contributed by atoms with Gasteiger partial charge in [0.25, 0.3) is 0 Å². The molecule has 0 fully saturated rings. The van der Waals surface area contributed by atoms with Crippen molar-refractivity contribution in [3.05, 3.63) is 41.1 Å². The van der Waals surface area contributed by atoms with Crippen molar-refractivity contribution in [1.82, 2.24) is 14.8 Å². The summed E-state index contributed by atoms with van der Waals surface area (Å²) in [5, 5.41) is 8.96. The van der Waals surface area contributed by atoms with Crippen LogP contribution in [-0.4, -0.2) is 14.8 Å². The molecule has 21 heavy (non-hydrogen) atoms. The van der Waals surface area contributed by atoms with Gasteiger partial charge in [0.1, 0.15) is 11.5 Å². The number of aromatic nitrogens is 3. The molecule has 0 saturated heterocycles. The van der Waals surface area contributed by atoms with Gasteiger partial charge in [-0.05, 0) is 39.8 Å². The lowest BCUT2D eigenvalue weighted by atomic mass is 10.1. The lowest BCUT2D eigenvalue weighted by molar-refractivity contribution is 0.500. The van der Waals surface area contributed by atoms with Crippen LogP contribution in [0.3, 0.4) is 0 Å². The Hall–Kier alpha value is -2.30. The zero-order chi connectivity index (χ0) is 15.1. The third-order valence-electron chi connectivity index (χ3n) is 3.79. The molecule has 0 saturated carbocycles. The Kier molecular flexibility index (Phi) is 3.20. The highest BCUT2D eigenvalue weighted by Crippen LogP contribution is 2.26. The third kappa shape index (κ3) is 2.39. The van der Waals surface area contributed by atoms with Gasteiger partial charge in [0.15, 0.2) is 5.65 Å². The quantitative estimate of drug-likeness (QED) is 0.797. The predicted molar refractivity (Wildman–Crippen MR) is 83.5 cm³/mol. The molecular weight excluding hydrogens is 264 g/mol. The largest absolute Gasteiger partial charge is 0.466 e. The minimum Gasteiger partial charge on any atom is -0.466 e. The zero-order valence-electron chi connectivity index (χ0n) is 13.1. The Balaban J connectivity index is 1.91. The number of aryl methyl sites for hydroxylation is 4. The summed E-state index contributed by atoms with van der Waals surface area (Å²) in [5.74, 6) is 1.90. The fourth-order valence-corrected chi connectivity index (χ4v) is 2.79. The van der Waals surface area contributed by atoms with Crippen LogP contribution in [0.5, 0.6) is 0 Å².